The number of hydrogen-bond donors (Lipinski definition) is 0. The first-order valence-corrected chi connectivity index (χ1v) is 20.1. The van der Waals surface area contributed by atoms with Crippen molar-refractivity contribution in [3.05, 3.63) is 212 Å². The molecule has 0 atom stereocenters. The van der Waals surface area contributed by atoms with Gasteiger partial charge in [0.25, 0.3) is 0 Å². The fourth-order valence-electron chi connectivity index (χ4n) is 9.00. The lowest BCUT2D eigenvalue weighted by Gasteiger charge is -2.27. The van der Waals surface area contributed by atoms with Crippen LogP contribution < -0.4 is 4.90 Å². The van der Waals surface area contributed by atoms with Crippen LogP contribution in [0.1, 0.15) is 0 Å². The van der Waals surface area contributed by atoms with Gasteiger partial charge in [0.05, 0.1) is 16.8 Å². The number of hydrogen-bond acceptors (Lipinski definition) is 3. The molecule has 59 heavy (non-hydrogen) atoms. The Bertz CT molecular complexity index is 3540. The van der Waals surface area contributed by atoms with Crippen molar-refractivity contribution >= 4 is 82.5 Å². The van der Waals surface area contributed by atoms with Gasteiger partial charge in [0.1, 0.15) is 16.7 Å². The molecule has 0 aliphatic rings. The van der Waals surface area contributed by atoms with Gasteiger partial charge in [-0.3, -0.25) is 0 Å². The van der Waals surface area contributed by atoms with Crippen molar-refractivity contribution < 1.29 is 8.83 Å². The van der Waals surface area contributed by atoms with Crippen molar-refractivity contribution in [1.29, 1.82) is 0 Å². The Balaban J connectivity index is 1.10. The smallest absolute Gasteiger partial charge is 0.159 e. The van der Waals surface area contributed by atoms with Crippen molar-refractivity contribution in [2.45, 2.75) is 0 Å². The molecule has 0 fully saturated rings. The third kappa shape index (κ3) is 5.44. The third-order valence-corrected chi connectivity index (χ3v) is 11.9. The molecule has 0 saturated heterocycles. The van der Waals surface area contributed by atoms with Gasteiger partial charge in [0.2, 0.25) is 0 Å². The van der Waals surface area contributed by atoms with Crippen molar-refractivity contribution in [1.82, 2.24) is 0 Å². The fourth-order valence-corrected chi connectivity index (χ4v) is 9.00. The summed E-state index contributed by atoms with van der Waals surface area (Å²) in [5.74, 6) is 0. The van der Waals surface area contributed by atoms with Gasteiger partial charge in [-0.1, -0.05) is 158 Å². The Morgan fingerprint density at radius 3 is 1.75 bits per heavy atom. The molecule has 276 valence electrons. The molecule has 3 nitrogen and oxygen atoms in total. The largest absolute Gasteiger partial charge is 0.455 e. The fraction of sp³-hybridized carbons (Fsp3) is 0. The van der Waals surface area contributed by atoms with E-state index in [2.05, 4.69) is 205 Å². The SMILES string of the molecule is c1ccc(-c2ccc3c(c2)oc2c(-c4ccccc4)ccc(N(c4ccc(-c5ccc6ccc7ccccc7c6c5)cc4)c4cccc5c4oc4ccccc45)c23)cc1. The van der Waals surface area contributed by atoms with Crippen LogP contribution in [0.5, 0.6) is 0 Å². The van der Waals surface area contributed by atoms with E-state index in [0.717, 1.165) is 88.8 Å². The summed E-state index contributed by atoms with van der Waals surface area (Å²) < 4.78 is 13.7. The molecule has 10 aromatic carbocycles. The number of fused-ring (bicyclic) bond motifs is 9. The molecule has 0 saturated carbocycles. The maximum atomic E-state index is 6.99. The summed E-state index contributed by atoms with van der Waals surface area (Å²) in [5, 5.41) is 9.26. The van der Waals surface area contributed by atoms with Gasteiger partial charge in [0.15, 0.2) is 5.58 Å². The van der Waals surface area contributed by atoms with Gasteiger partial charge < -0.3 is 13.7 Å². The van der Waals surface area contributed by atoms with E-state index in [-0.39, 0.29) is 0 Å². The van der Waals surface area contributed by atoms with E-state index in [0.29, 0.717) is 0 Å². The summed E-state index contributed by atoms with van der Waals surface area (Å²) in [6.07, 6.45) is 0. The van der Waals surface area contributed by atoms with E-state index in [4.69, 9.17) is 8.83 Å². The minimum Gasteiger partial charge on any atom is -0.455 e. The Kier molecular flexibility index (Phi) is 7.54. The summed E-state index contributed by atoms with van der Waals surface area (Å²) in [6, 6.07) is 75.6. The van der Waals surface area contributed by atoms with Crippen LogP contribution in [-0.4, -0.2) is 0 Å². The first-order valence-electron chi connectivity index (χ1n) is 20.1. The van der Waals surface area contributed by atoms with Crippen molar-refractivity contribution in [2.24, 2.45) is 0 Å². The van der Waals surface area contributed by atoms with Crippen molar-refractivity contribution in [2.75, 3.05) is 4.90 Å². The summed E-state index contributed by atoms with van der Waals surface area (Å²) in [6.45, 7) is 0. The van der Waals surface area contributed by atoms with Crippen LogP contribution in [0.15, 0.2) is 221 Å². The maximum absolute atomic E-state index is 6.99. The molecule has 12 aromatic rings. The van der Waals surface area contributed by atoms with E-state index >= 15 is 0 Å². The van der Waals surface area contributed by atoms with E-state index in [1.54, 1.807) is 0 Å². The van der Waals surface area contributed by atoms with Crippen LogP contribution in [0.25, 0.3) is 98.8 Å². The van der Waals surface area contributed by atoms with Gasteiger partial charge in [-0.05, 0) is 104 Å². The van der Waals surface area contributed by atoms with Crippen molar-refractivity contribution in [3.8, 4) is 33.4 Å². The Morgan fingerprint density at radius 2 is 0.915 bits per heavy atom. The van der Waals surface area contributed by atoms with Gasteiger partial charge in [-0.2, -0.15) is 0 Å². The third-order valence-electron chi connectivity index (χ3n) is 11.9. The molecule has 0 spiro atoms. The molecule has 0 aliphatic heterocycles. The standard InChI is InChI=1S/C56H35NO2/c1-3-12-36(13-4-1)42-28-31-48-53(35-42)59-56-45(38-14-5-2-6-15-38)32-33-50(54(48)56)57(51-20-11-19-47-46-18-9-10-21-52(46)58-55(47)51)43-29-26-37(27-30-43)41-25-24-40-23-22-39-16-7-8-17-44(39)49(40)34-41/h1-35H. The van der Waals surface area contributed by atoms with Crippen LogP contribution in [0, 0.1) is 0 Å². The van der Waals surface area contributed by atoms with Crippen LogP contribution >= 0.6 is 0 Å². The lowest BCUT2D eigenvalue weighted by molar-refractivity contribution is 0.668. The highest BCUT2D eigenvalue weighted by atomic mass is 16.3. The summed E-state index contributed by atoms with van der Waals surface area (Å²) in [5.41, 5.74) is 13.1. The second kappa shape index (κ2) is 13.4. The number of anilines is 3. The van der Waals surface area contributed by atoms with Crippen LogP contribution in [-0.2, 0) is 0 Å². The number of para-hydroxylation sites is 2. The molecule has 2 heterocycles. The van der Waals surface area contributed by atoms with Crippen molar-refractivity contribution in [3.63, 3.8) is 0 Å². The molecule has 0 radical (unpaired) electrons. The van der Waals surface area contributed by atoms with E-state index < -0.39 is 0 Å². The molecule has 3 heteroatoms. The van der Waals surface area contributed by atoms with E-state index in [9.17, 15) is 0 Å². The van der Waals surface area contributed by atoms with Crippen LogP contribution in [0.4, 0.5) is 17.1 Å². The highest BCUT2D eigenvalue weighted by molar-refractivity contribution is 6.19. The summed E-state index contributed by atoms with van der Waals surface area (Å²) in [7, 11) is 0. The predicted octanol–water partition coefficient (Wildman–Crippen LogP) is 16.3. The normalized spacial score (nSPS) is 11.7. The number of benzene rings is 10. The molecular formula is C56H35NO2. The minimum absolute atomic E-state index is 0.832. The second-order valence-corrected chi connectivity index (χ2v) is 15.2. The average Bonchev–Trinajstić information content (AvgIpc) is 3.89. The molecule has 0 amide bonds. The number of furan rings is 2. The molecule has 12 rings (SSSR count). The highest BCUT2D eigenvalue weighted by Crippen LogP contribution is 2.49. The molecular weight excluding hydrogens is 719 g/mol. The molecule has 0 aliphatic carbocycles. The van der Waals surface area contributed by atoms with Crippen LogP contribution in [0.3, 0.4) is 0 Å². The summed E-state index contributed by atoms with van der Waals surface area (Å²) in [4.78, 5) is 2.35. The minimum atomic E-state index is 0.832. The second-order valence-electron chi connectivity index (χ2n) is 15.2. The summed E-state index contributed by atoms with van der Waals surface area (Å²) >= 11 is 0. The van der Waals surface area contributed by atoms with Gasteiger partial charge in [-0.15, -0.1) is 0 Å². The molecule has 2 aromatic heterocycles. The van der Waals surface area contributed by atoms with Gasteiger partial charge in [0, 0.05) is 27.4 Å². The lowest BCUT2D eigenvalue weighted by Crippen LogP contribution is -2.10. The molecule has 0 bridgehead atoms. The molecule has 0 unspecified atom stereocenters. The lowest BCUT2D eigenvalue weighted by atomic mass is 9.96. The quantitative estimate of drug-likeness (QED) is 0.158. The Hall–Kier alpha value is -7.88. The number of nitrogens with zero attached hydrogens (tertiary/aromatic N) is 1. The first kappa shape index (κ1) is 33.3. The Labute approximate surface area is 340 Å². The predicted molar refractivity (Wildman–Crippen MR) is 247 cm³/mol. The van der Waals surface area contributed by atoms with E-state index in [1.165, 1.54) is 27.1 Å². The first-order chi connectivity index (χ1) is 29.2. The zero-order valence-corrected chi connectivity index (χ0v) is 32.0. The van der Waals surface area contributed by atoms with Crippen LogP contribution in [0.2, 0.25) is 0 Å². The molecule has 0 N–H and O–H groups in total. The average molecular weight is 754 g/mol. The monoisotopic (exact) mass is 753 g/mol. The zero-order chi connectivity index (χ0) is 38.9. The van der Waals surface area contributed by atoms with Gasteiger partial charge in [-0.25, -0.2) is 0 Å². The Morgan fingerprint density at radius 1 is 0.305 bits per heavy atom. The van der Waals surface area contributed by atoms with Gasteiger partial charge >= 0.3 is 0 Å². The maximum Gasteiger partial charge on any atom is 0.159 e. The van der Waals surface area contributed by atoms with E-state index in [1.807, 2.05) is 12.1 Å². The number of rotatable bonds is 6. The zero-order valence-electron chi connectivity index (χ0n) is 32.0. The highest BCUT2D eigenvalue weighted by Gasteiger charge is 2.25. The topological polar surface area (TPSA) is 29.5 Å².